The number of rotatable bonds is 4. The maximum absolute atomic E-state index is 6.34. The second-order valence-corrected chi connectivity index (χ2v) is 16.5. The summed E-state index contributed by atoms with van der Waals surface area (Å²) < 4.78 is 6.34. The van der Waals surface area contributed by atoms with Gasteiger partial charge in [-0.1, -0.05) is 71.7 Å². The van der Waals surface area contributed by atoms with Gasteiger partial charge in [-0.05, 0) is 54.8 Å². The smallest absolute Gasteiger partial charge is 0.120 e. The summed E-state index contributed by atoms with van der Waals surface area (Å²) in [5.41, 5.74) is 8.39. The molecular weight excluding hydrogens is 685 g/mol. The van der Waals surface area contributed by atoms with Crippen LogP contribution in [0.15, 0.2) is 95.7 Å². The fourth-order valence-corrected chi connectivity index (χ4v) is 5.98. The molecule has 3 heterocycles. The molecule has 0 atom stereocenters. The molecule has 0 spiro atoms. The Hall–Kier alpha value is -3.37. The summed E-state index contributed by atoms with van der Waals surface area (Å²) in [7, 11) is -1.37. The number of pyridine rings is 2. The molecular formula is C35H32IrN2OSi-2. The van der Waals surface area contributed by atoms with Crippen LogP contribution in [0.1, 0.15) is 29.9 Å². The van der Waals surface area contributed by atoms with Crippen molar-refractivity contribution in [3.63, 3.8) is 0 Å². The van der Waals surface area contributed by atoms with E-state index >= 15 is 0 Å². The molecule has 6 aromatic rings. The third-order valence-electron chi connectivity index (χ3n) is 7.28. The molecule has 0 aliphatic heterocycles. The van der Waals surface area contributed by atoms with Crippen LogP contribution in [-0.4, -0.2) is 18.0 Å². The van der Waals surface area contributed by atoms with Gasteiger partial charge in [0.15, 0.2) is 0 Å². The van der Waals surface area contributed by atoms with Crippen LogP contribution >= 0.6 is 0 Å². The molecule has 5 heteroatoms. The Labute approximate surface area is 251 Å². The summed E-state index contributed by atoms with van der Waals surface area (Å²) in [6, 6.07) is 33.6. The number of aryl methyl sites for hydroxylation is 1. The van der Waals surface area contributed by atoms with Gasteiger partial charge in [-0.15, -0.1) is 54.1 Å². The Bertz CT molecular complexity index is 1750. The molecule has 203 valence electrons. The van der Waals surface area contributed by atoms with Crippen LogP contribution in [0.4, 0.5) is 0 Å². The van der Waals surface area contributed by atoms with Crippen LogP contribution in [0.2, 0.25) is 19.6 Å². The van der Waals surface area contributed by atoms with Crippen molar-refractivity contribution in [1.29, 1.82) is 0 Å². The van der Waals surface area contributed by atoms with E-state index in [1.807, 2.05) is 55.7 Å². The first-order chi connectivity index (χ1) is 18.9. The Morgan fingerprint density at radius 1 is 0.825 bits per heavy atom. The van der Waals surface area contributed by atoms with Gasteiger partial charge in [-0.2, -0.15) is 0 Å². The van der Waals surface area contributed by atoms with Crippen LogP contribution in [0.5, 0.6) is 0 Å². The summed E-state index contributed by atoms with van der Waals surface area (Å²) in [5, 5.41) is 3.74. The minimum Gasteiger partial charge on any atom is -0.501 e. The van der Waals surface area contributed by atoms with Gasteiger partial charge in [0, 0.05) is 37.9 Å². The van der Waals surface area contributed by atoms with E-state index in [4.69, 9.17) is 4.42 Å². The molecule has 0 unspecified atom stereocenters. The van der Waals surface area contributed by atoms with Gasteiger partial charge in [-0.25, -0.2) is 0 Å². The number of aromatic nitrogens is 2. The van der Waals surface area contributed by atoms with Gasteiger partial charge in [0.1, 0.15) is 5.58 Å². The standard InChI is InChI=1S/C23H22NOSi.C12H10N.Ir/c1-26(2,3)17-9-10-18-19-5-4-6-20(23(19)25-22(18)14-17)21-13-16(11-12-24-21)15-7-8-15;1-10-7-8-12(13-9-10)11-5-3-2-4-6-11;/h4-5,9-15H,7-8H2,1-3H3;2-5,7-9H,1H3;/q2*-1;. The van der Waals surface area contributed by atoms with E-state index in [0.29, 0.717) is 5.92 Å². The summed E-state index contributed by atoms with van der Waals surface area (Å²) in [6.07, 6.45) is 6.38. The fourth-order valence-electron chi connectivity index (χ4n) is 4.83. The van der Waals surface area contributed by atoms with Crippen molar-refractivity contribution in [2.75, 3.05) is 0 Å². The zero-order valence-corrected chi connectivity index (χ0v) is 26.7. The van der Waals surface area contributed by atoms with E-state index in [2.05, 4.69) is 84.2 Å². The summed E-state index contributed by atoms with van der Waals surface area (Å²) in [6.45, 7) is 9.13. The zero-order chi connectivity index (χ0) is 27.0. The second kappa shape index (κ2) is 11.6. The van der Waals surface area contributed by atoms with Gasteiger partial charge in [0.25, 0.3) is 0 Å². The monoisotopic (exact) mass is 717 g/mol. The molecule has 1 aliphatic rings. The van der Waals surface area contributed by atoms with Crippen molar-refractivity contribution < 1.29 is 24.5 Å². The van der Waals surface area contributed by atoms with E-state index in [0.717, 1.165) is 39.1 Å². The Morgan fingerprint density at radius 3 is 2.38 bits per heavy atom. The molecule has 0 saturated heterocycles. The molecule has 3 aromatic carbocycles. The molecule has 40 heavy (non-hydrogen) atoms. The third kappa shape index (κ3) is 6.02. The first kappa shape index (κ1) is 28.2. The topological polar surface area (TPSA) is 38.9 Å². The van der Waals surface area contributed by atoms with Crippen LogP contribution < -0.4 is 5.19 Å². The Morgan fingerprint density at radius 2 is 1.68 bits per heavy atom. The molecule has 1 fully saturated rings. The maximum Gasteiger partial charge on any atom is 0.120 e. The van der Waals surface area contributed by atoms with E-state index < -0.39 is 8.07 Å². The van der Waals surface area contributed by atoms with Crippen molar-refractivity contribution in [1.82, 2.24) is 9.97 Å². The zero-order valence-electron chi connectivity index (χ0n) is 23.3. The summed E-state index contributed by atoms with van der Waals surface area (Å²) in [5.74, 6) is 0.714. The van der Waals surface area contributed by atoms with Crippen LogP contribution in [-0.2, 0) is 20.1 Å². The van der Waals surface area contributed by atoms with Crippen molar-refractivity contribution in [2.24, 2.45) is 0 Å². The van der Waals surface area contributed by atoms with E-state index in [1.165, 1.54) is 34.5 Å². The number of nitrogens with zero attached hydrogens (tertiary/aromatic N) is 2. The first-order valence-corrected chi connectivity index (χ1v) is 17.1. The van der Waals surface area contributed by atoms with Gasteiger partial charge >= 0.3 is 0 Å². The minimum absolute atomic E-state index is 0. The van der Waals surface area contributed by atoms with E-state index in [9.17, 15) is 0 Å². The first-order valence-electron chi connectivity index (χ1n) is 13.6. The maximum atomic E-state index is 6.34. The molecule has 3 aromatic heterocycles. The average Bonchev–Trinajstić information content (AvgIpc) is 3.74. The van der Waals surface area contributed by atoms with Crippen molar-refractivity contribution >= 4 is 35.2 Å². The minimum atomic E-state index is -1.37. The van der Waals surface area contributed by atoms with E-state index in [1.54, 1.807) is 0 Å². The number of hydrogen-bond donors (Lipinski definition) is 0. The molecule has 7 rings (SSSR count). The summed E-state index contributed by atoms with van der Waals surface area (Å²) >= 11 is 0. The molecule has 1 saturated carbocycles. The quantitative estimate of drug-likeness (QED) is 0.135. The Balaban J connectivity index is 0.000000195. The molecule has 1 aliphatic carbocycles. The predicted molar refractivity (Wildman–Crippen MR) is 164 cm³/mol. The molecule has 0 N–H and O–H groups in total. The average molecular weight is 717 g/mol. The van der Waals surface area contributed by atoms with Crippen LogP contribution in [0, 0.1) is 19.1 Å². The van der Waals surface area contributed by atoms with Crippen LogP contribution in [0.25, 0.3) is 44.5 Å². The molecule has 1 radical (unpaired) electrons. The van der Waals surface area contributed by atoms with Gasteiger partial charge in [-0.3, -0.25) is 0 Å². The number of benzene rings is 3. The largest absolute Gasteiger partial charge is 0.501 e. The van der Waals surface area contributed by atoms with Crippen molar-refractivity contribution in [3.8, 4) is 22.5 Å². The molecule has 0 amide bonds. The number of furan rings is 1. The summed E-state index contributed by atoms with van der Waals surface area (Å²) in [4.78, 5) is 8.93. The Kier molecular flexibility index (Phi) is 8.18. The predicted octanol–water partition coefficient (Wildman–Crippen LogP) is 8.73. The van der Waals surface area contributed by atoms with Crippen molar-refractivity contribution in [2.45, 2.75) is 45.3 Å². The molecule has 3 nitrogen and oxygen atoms in total. The number of fused-ring (bicyclic) bond motifs is 3. The van der Waals surface area contributed by atoms with Crippen molar-refractivity contribution in [3.05, 3.63) is 115 Å². The number of hydrogen-bond acceptors (Lipinski definition) is 3. The van der Waals surface area contributed by atoms with Crippen LogP contribution in [0.3, 0.4) is 0 Å². The van der Waals surface area contributed by atoms with E-state index in [-0.39, 0.29) is 20.1 Å². The van der Waals surface area contributed by atoms with Gasteiger partial charge in [0.2, 0.25) is 0 Å². The fraction of sp³-hybridized carbons (Fsp3) is 0.200. The molecule has 0 bridgehead atoms. The normalized spacial score (nSPS) is 13.0. The third-order valence-corrected chi connectivity index (χ3v) is 9.33. The van der Waals surface area contributed by atoms with Gasteiger partial charge in [0.05, 0.1) is 13.7 Å². The second-order valence-electron chi connectivity index (χ2n) is 11.4. The SMILES string of the molecule is C[Si](C)(C)c1ccc2c(c1)oc1c(-c3cc(C4CC4)ccn3)[c-]ccc12.Cc1ccc(-c2[c-]cccc2)nc1.[Ir]. The van der Waals surface area contributed by atoms with Gasteiger partial charge < -0.3 is 14.4 Å².